The third kappa shape index (κ3) is 5.07. The fraction of sp³-hybridized carbons (Fsp3) is 0.533. The molecule has 6 nitrogen and oxygen atoms in total. The Morgan fingerprint density at radius 2 is 1.59 bits per heavy atom. The van der Waals surface area contributed by atoms with Gasteiger partial charge in [0.05, 0.1) is 23.9 Å². The summed E-state index contributed by atoms with van der Waals surface area (Å²) in [5.74, 6) is -1.12. The Morgan fingerprint density at radius 3 is 2.19 bits per heavy atom. The molecule has 0 heterocycles. The molecule has 0 aliphatic heterocycles. The van der Waals surface area contributed by atoms with Crippen LogP contribution in [0.3, 0.4) is 0 Å². The van der Waals surface area contributed by atoms with Crippen LogP contribution in [0, 0.1) is 16.2 Å². The van der Waals surface area contributed by atoms with E-state index in [2.05, 4.69) is 20.4 Å². The Labute approximate surface area is 220 Å². The van der Waals surface area contributed by atoms with Crippen molar-refractivity contribution < 1.29 is 27.5 Å². The molecule has 0 unspecified atom stereocenters. The molecule has 0 spiro atoms. The van der Waals surface area contributed by atoms with Crippen LogP contribution in [0.2, 0.25) is 0 Å². The van der Waals surface area contributed by atoms with Gasteiger partial charge in [0.2, 0.25) is 0 Å². The van der Waals surface area contributed by atoms with Gasteiger partial charge in [-0.05, 0) is 86.5 Å². The molecule has 0 radical (unpaired) electrons. The van der Waals surface area contributed by atoms with E-state index in [0.717, 1.165) is 24.8 Å². The topological polar surface area (TPSA) is 86.7 Å². The summed E-state index contributed by atoms with van der Waals surface area (Å²) < 4.78 is 36.5. The number of fused-ring (bicyclic) bond motifs is 2. The van der Waals surface area contributed by atoms with Crippen LogP contribution in [-0.4, -0.2) is 39.3 Å². The van der Waals surface area contributed by atoms with Gasteiger partial charge in [-0.1, -0.05) is 55.8 Å². The fourth-order valence-electron chi connectivity index (χ4n) is 6.89. The molecule has 3 aliphatic rings. The van der Waals surface area contributed by atoms with Crippen molar-refractivity contribution in [3.63, 3.8) is 0 Å². The van der Waals surface area contributed by atoms with E-state index in [9.17, 15) is 18.0 Å². The Balaban J connectivity index is 1.58. The van der Waals surface area contributed by atoms with E-state index < -0.39 is 27.2 Å². The van der Waals surface area contributed by atoms with Gasteiger partial charge in [0.15, 0.2) is 15.3 Å². The molecule has 7 heteroatoms. The Hall–Kier alpha value is -2.67. The molecule has 4 rings (SSSR count). The van der Waals surface area contributed by atoms with Crippen LogP contribution in [0.4, 0.5) is 0 Å². The monoisotopic (exact) mass is 526 g/mol. The first-order valence-corrected chi connectivity index (χ1v) is 14.7. The molecule has 3 aliphatic carbocycles. The molecule has 1 aromatic rings. The number of hydrogen-bond acceptors (Lipinski definition) is 6. The van der Waals surface area contributed by atoms with Gasteiger partial charge in [0.25, 0.3) is 0 Å². The van der Waals surface area contributed by atoms with E-state index in [1.54, 1.807) is 44.2 Å². The predicted octanol–water partition coefficient (Wildman–Crippen LogP) is 5.75. The normalized spacial score (nSPS) is 26.2. The second-order valence-electron chi connectivity index (χ2n) is 11.5. The minimum absolute atomic E-state index is 0.0742. The number of sulfone groups is 1. The second-order valence-corrected chi connectivity index (χ2v) is 13.5. The van der Waals surface area contributed by atoms with Crippen LogP contribution in [-0.2, 0) is 28.9 Å². The summed E-state index contributed by atoms with van der Waals surface area (Å²) in [5, 5.41) is 0. The third-order valence-corrected chi connectivity index (χ3v) is 9.94. The minimum Gasteiger partial charge on any atom is -0.465 e. The van der Waals surface area contributed by atoms with E-state index in [-0.39, 0.29) is 36.2 Å². The zero-order valence-electron chi connectivity index (χ0n) is 22.4. The van der Waals surface area contributed by atoms with Crippen molar-refractivity contribution in [2.24, 2.45) is 16.2 Å². The van der Waals surface area contributed by atoms with Crippen LogP contribution in [0.15, 0.2) is 70.2 Å². The Morgan fingerprint density at radius 1 is 0.973 bits per heavy atom. The number of hydrogen-bond donors (Lipinski definition) is 0. The highest BCUT2D eigenvalue weighted by Crippen LogP contribution is 2.65. The van der Waals surface area contributed by atoms with Crippen molar-refractivity contribution in [1.82, 2.24) is 0 Å². The summed E-state index contributed by atoms with van der Waals surface area (Å²) in [4.78, 5) is 26.5. The van der Waals surface area contributed by atoms with Crippen LogP contribution in [0.5, 0.6) is 0 Å². The van der Waals surface area contributed by atoms with Crippen LogP contribution in [0.1, 0.15) is 66.2 Å². The van der Waals surface area contributed by atoms with E-state index in [0.29, 0.717) is 23.3 Å². The molecule has 37 heavy (non-hydrogen) atoms. The maximum Gasteiger partial charge on any atom is 0.324 e. The van der Waals surface area contributed by atoms with Crippen molar-refractivity contribution in [1.29, 1.82) is 0 Å². The number of benzene rings is 1. The molecule has 1 fully saturated rings. The standard InChI is InChI=1S/C30H38O6S/c1-6-35-26(31)30(27(32)36-7-2)14-13-22-16-29(5)20-28(4,18-25(29)24(22)17-30)15-21(3)19-37(33,34)23-11-9-8-10-12-23/h8-13H,3,6-7,14-20H2,1-2,4-5H3/t28-,29+/m1/s1. The fourth-order valence-corrected chi connectivity index (χ4v) is 8.27. The van der Waals surface area contributed by atoms with Gasteiger partial charge in [-0.25, -0.2) is 8.42 Å². The molecular weight excluding hydrogens is 488 g/mol. The lowest BCUT2D eigenvalue weighted by atomic mass is 9.71. The smallest absolute Gasteiger partial charge is 0.324 e. The molecule has 0 saturated heterocycles. The van der Waals surface area contributed by atoms with Crippen LogP contribution in [0.25, 0.3) is 0 Å². The van der Waals surface area contributed by atoms with Gasteiger partial charge in [-0.15, -0.1) is 0 Å². The summed E-state index contributed by atoms with van der Waals surface area (Å²) in [5.41, 5.74) is 2.68. The quantitative estimate of drug-likeness (QED) is 0.231. The summed E-state index contributed by atoms with van der Waals surface area (Å²) >= 11 is 0. The summed E-state index contributed by atoms with van der Waals surface area (Å²) in [7, 11) is -3.45. The molecule has 0 bridgehead atoms. The zero-order chi connectivity index (χ0) is 27.1. The average molecular weight is 527 g/mol. The molecule has 1 saturated carbocycles. The Bertz CT molecular complexity index is 1250. The largest absolute Gasteiger partial charge is 0.465 e. The lowest BCUT2D eigenvalue weighted by Crippen LogP contribution is -2.43. The van der Waals surface area contributed by atoms with E-state index in [1.807, 2.05) is 6.08 Å². The molecule has 200 valence electrons. The van der Waals surface area contributed by atoms with Crippen molar-refractivity contribution >= 4 is 21.8 Å². The van der Waals surface area contributed by atoms with Gasteiger partial charge in [-0.2, -0.15) is 0 Å². The number of rotatable bonds is 9. The average Bonchev–Trinajstić information content (AvgIpc) is 3.23. The first-order chi connectivity index (χ1) is 17.4. The van der Waals surface area contributed by atoms with Gasteiger partial charge >= 0.3 is 11.9 Å². The lowest BCUT2D eigenvalue weighted by molar-refractivity contribution is -0.172. The van der Waals surface area contributed by atoms with Gasteiger partial charge in [0.1, 0.15) is 0 Å². The number of carbonyl (C=O) groups is 2. The second kappa shape index (κ2) is 9.90. The highest BCUT2D eigenvalue weighted by atomic mass is 32.2. The van der Waals surface area contributed by atoms with E-state index in [4.69, 9.17) is 9.47 Å². The minimum atomic E-state index is -3.45. The van der Waals surface area contributed by atoms with Crippen molar-refractivity contribution in [3.05, 3.63) is 65.3 Å². The number of allylic oxidation sites excluding steroid dienone is 4. The molecule has 2 atom stereocenters. The zero-order valence-corrected chi connectivity index (χ0v) is 23.2. The lowest BCUT2D eigenvalue weighted by Gasteiger charge is -2.33. The predicted molar refractivity (Wildman–Crippen MR) is 142 cm³/mol. The van der Waals surface area contributed by atoms with Crippen molar-refractivity contribution in [3.8, 4) is 0 Å². The first-order valence-electron chi connectivity index (χ1n) is 13.1. The van der Waals surface area contributed by atoms with Crippen LogP contribution < -0.4 is 0 Å². The number of carbonyl (C=O) groups excluding carboxylic acids is 2. The van der Waals surface area contributed by atoms with E-state index >= 15 is 0 Å². The molecule has 0 aromatic heterocycles. The summed E-state index contributed by atoms with van der Waals surface area (Å²) in [6.07, 6.45) is 5.76. The van der Waals surface area contributed by atoms with E-state index in [1.165, 1.54) is 11.1 Å². The maximum absolute atomic E-state index is 13.1. The highest BCUT2D eigenvalue weighted by Gasteiger charge is 2.57. The van der Waals surface area contributed by atoms with Gasteiger partial charge in [0, 0.05) is 0 Å². The first kappa shape index (κ1) is 27.4. The number of esters is 2. The van der Waals surface area contributed by atoms with Crippen molar-refractivity contribution in [2.45, 2.75) is 71.1 Å². The van der Waals surface area contributed by atoms with Gasteiger partial charge < -0.3 is 9.47 Å². The molecule has 0 N–H and O–H groups in total. The van der Waals surface area contributed by atoms with Gasteiger partial charge in [-0.3, -0.25) is 9.59 Å². The maximum atomic E-state index is 13.1. The highest BCUT2D eigenvalue weighted by molar-refractivity contribution is 7.91. The third-order valence-electron chi connectivity index (χ3n) is 8.16. The number of ether oxygens (including phenoxy) is 2. The molecular formula is C30H38O6S. The van der Waals surface area contributed by atoms with Crippen LogP contribution >= 0.6 is 0 Å². The summed E-state index contributed by atoms with van der Waals surface area (Å²) in [6, 6.07) is 8.49. The van der Waals surface area contributed by atoms with Crippen molar-refractivity contribution in [2.75, 3.05) is 19.0 Å². The molecule has 0 amide bonds. The summed E-state index contributed by atoms with van der Waals surface area (Å²) in [6.45, 7) is 12.5. The Kier molecular flexibility index (Phi) is 7.32. The SMILES string of the molecule is C=C(C[C@]1(C)CC2=C3CC(C(=O)OCC)(C(=O)OCC)CC=C3C[C@@]2(C)C1)CS(=O)(=O)c1ccccc1. The molecule has 1 aromatic carbocycles.